The van der Waals surface area contributed by atoms with Crippen LogP contribution in [-0.4, -0.2) is 24.6 Å². The fourth-order valence-corrected chi connectivity index (χ4v) is 19.3. The van der Waals surface area contributed by atoms with E-state index < -0.39 is 24.6 Å². The first-order valence-corrected chi connectivity index (χ1v) is 43.5. The number of hydrogen-bond acceptors (Lipinski definition) is 2. The van der Waals surface area contributed by atoms with Crippen LogP contribution in [0, 0.1) is 35.2 Å². The second-order valence-electron chi connectivity index (χ2n) is 31.8. The fraction of sp³-hybridized carbons (Fsp3) is 0.0345. The molecule has 0 saturated carbocycles. The lowest BCUT2D eigenvalue weighted by atomic mass is 9.14. The summed E-state index contributed by atoms with van der Waals surface area (Å²) in [6.45, 7) is 2.31. The minimum Gasteiger partial charge on any atom is -0.456 e. The van der Waals surface area contributed by atoms with E-state index in [0.717, 1.165) is 16.8 Å². The van der Waals surface area contributed by atoms with E-state index in [-0.39, 0.29) is 0 Å². The van der Waals surface area contributed by atoms with Crippen LogP contribution in [0.3, 0.4) is 0 Å². The van der Waals surface area contributed by atoms with Gasteiger partial charge in [-0.15, -0.1) is 23.2 Å². The van der Waals surface area contributed by atoms with Crippen molar-refractivity contribution in [2.75, 3.05) is 0 Å². The maximum Gasteiger partial charge on any atom is 0.172 e. The van der Waals surface area contributed by atoms with E-state index in [0.29, 0.717) is 5.76 Å². The molecule has 0 aliphatic heterocycles. The Balaban J connectivity index is 0.000000117. The largest absolute Gasteiger partial charge is 0.456 e. The van der Waals surface area contributed by atoms with E-state index in [1.807, 2.05) is 30.3 Å². The van der Waals surface area contributed by atoms with E-state index in [9.17, 15) is 0 Å². The number of thiophene rings is 1. The molecule has 0 atom stereocenters. The molecule has 6 heteroatoms. The lowest BCUT2D eigenvalue weighted by molar-refractivity contribution is 0.554. The van der Waals surface area contributed by atoms with Crippen LogP contribution in [0.25, 0.3) is 53.9 Å². The van der Waals surface area contributed by atoms with Crippen molar-refractivity contribution >= 4 is 155 Å². The molecule has 0 fully saturated rings. The molecule has 0 aliphatic carbocycles. The summed E-state index contributed by atoms with van der Waals surface area (Å²) in [6, 6.07) is 171. The van der Waals surface area contributed by atoms with Gasteiger partial charge in [0.15, 0.2) is 5.76 Å². The Morgan fingerprint density at radius 2 is 0.525 bits per heavy atom. The molecule has 18 aromatic carbocycles. The minimum atomic E-state index is -1.52. The molecule has 2 heterocycles. The maximum absolute atomic E-state index is 5.47. The van der Waals surface area contributed by atoms with Crippen LogP contribution < -0.4 is 65.6 Å². The maximum atomic E-state index is 5.47. The highest BCUT2D eigenvalue weighted by Crippen LogP contribution is 2.30. The Morgan fingerprint density at radius 3 is 0.820 bits per heavy atom. The molecule has 0 amide bonds. The first-order valence-electron chi connectivity index (χ1n) is 42.6. The van der Waals surface area contributed by atoms with Crippen LogP contribution in [0.5, 0.6) is 0 Å². The van der Waals surface area contributed by atoms with Crippen molar-refractivity contribution in [3.8, 4) is 35.2 Å². The van der Waals surface area contributed by atoms with Crippen LogP contribution in [0.1, 0.15) is 36.0 Å². The van der Waals surface area contributed by atoms with Crippen LogP contribution in [-0.2, 0) is 0 Å². The Hall–Kier alpha value is -14.8. The van der Waals surface area contributed by atoms with Crippen molar-refractivity contribution in [3.63, 3.8) is 0 Å². The summed E-state index contributed by atoms with van der Waals surface area (Å²) in [5.41, 5.74) is 16.4. The minimum absolute atomic E-state index is 0.680. The van der Waals surface area contributed by atoms with Crippen molar-refractivity contribution in [1.29, 1.82) is 0 Å². The second kappa shape index (κ2) is 37.8. The van der Waals surface area contributed by atoms with Gasteiger partial charge in [0.1, 0.15) is 18.4 Å². The molecule has 0 spiro atoms. The molecule has 122 heavy (non-hydrogen) atoms. The van der Waals surface area contributed by atoms with Gasteiger partial charge in [0.2, 0.25) is 0 Å². The Bertz CT molecular complexity index is 6330. The molecule has 0 radical (unpaired) electrons. The van der Waals surface area contributed by atoms with Crippen molar-refractivity contribution in [1.82, 2.24) is 0 Å². The lowest BCUT2D eigenvalue weighted by Gasteiger charge is -2.44. The molecule has 1 nitrogen and oxygen atoms in total. The molecule has 0 aliphatic rings. The van der Waals surface area contributed by atoms with Gasteiger partial charge in [0.05, 0.1) is 17.3 Å². The highest BCUT2D eigenvalue weighted by atomic mass is 32.1. The summed E-state index contributed by atoms with van der Waals surface area (Å²) in [7, 11) is 0. The van der Waals surface area contributed by atoms with Gasteiger partial charge in [-0.3, -0.25) is 17.5 Å². The Morgan fingerprint density at radius 1 is 0.238 bits per heavy atom. The average Bonchev–Trinajstić information content (AvgIpc) is 1.27. The SMILES string of the molecule is C(#C[B-](c1ccccc1)(c1ccccc1)c1ccccc1)c1c2ccccc2cc2ccccc12.C(#C[B-](c1ccccc1)(c1ccccc1)c1ccccc1)c1ccco1.C(#C[B-](c1ccccc1)(c1ccccc1)c1ccccc1)c1cccs1.CCCC[B-](c1ccc2ccccc2c1)(c1ccc2ccccc2c1)c1ccc2ccccc2c1. The summed E-state index contributed by atoms with van der Waals surface area (Å²) in [6.07, 6.45) is -0.342. The molecule has 0 N–H and O–H groups in total. The van der Waals surface area contributed by atoms with Gasteiger partial charge in [-0.2, -0.15) is 71.9 Å². The van der Waals surface area contributed by atoms with Gasteiger partial charge < -0.3 is 4.42 Å². The number of rotatable bonds is 15. The standard InChI is InChI=1S/C34H24B.C34H30B.C24H18BO.C24H18BS/c1-4-16-29(17-5-1)35(30-18-6-2-7-19-30,31-20-8-3-9-21-31)25-24-34-32-22-12-10-14-27(32)26-28-15-11-13-23-33(28)34;1-2-3-22-35(32-19-16-26-10-4-7-13-29(26)23-32,33-20-17-27-11-5-8-14-30(27)24-33)34-21-18-28-12-6-9-15-31(28)25-34;2*1-4-11-21(12-5-1)25(22-13-6-2-7-14-22,23-15-8-3-9-16-23)19-18-24-17-10-20-26-24/h1-23,26H;4-21,23-25H,2-3,22H2,1H3;2*1-17,20H/q4*-1. The van der Waals surface area contributed by atoms with E-state index in [4.69, 9.17) is 4.42 Å². The second-order valence-corrected chi connectivity index (χ2v) is 32.7. The van der Waals surface area contributed by atoms with E-state index >= 15 is 0 Å². The number of furan rings is 1. The van der Waals surface area contributed by atoms with Crippen molar-refractivity contribution < 1.29 is 4.42 Å². The predicted molar refractivity (Wildman–Crippen MR) is 533 cm³/mol. The topological polar surface area (TPSA) is 13.1 Å². The first-order chi connectivity index (χ1) is 60.4. The molecule has 20 aromatic rings. The number of fused-ring (bicyclic) bond motifs is 5. The van der Waals surface area contributed by atoms with Crippen molar-refractivity contribution in [2.45, 2.75) is 26.1 Å². The number of unbranched alkanes of at least 4 members (excludes halogenated alkanes) is 1. The van der Waals surface area contributed by atoms with Crippen molar-refractivity contribution in [2.24, 2.45) is 0 Å². The average molecular weight is 1580 g/mol. The number of hydrogen-bond donors (Lipinski definition) is 0. The van der Waals surface area contributed by atoms with Crippen LogP contribution in [0.15, 0.2) is 495 Å². The van der Waals surface area contributed by atoms with E-state index in [2.05, 4.69) is 496 Å². The molecule has 0 saturated heterocycles. The molecule has 20 rings (SSSR count). The normalized spacial score (nSPS) is 11.2. The van der Waals surface area contributed by atoms with Gasteiger partial charge in [0, 0.05) is 5.56 Å². The summed E-state index contributed by atoms with van der Waals surface area (Å²) < 4.78 is 5.47. The molecule has 582 valence electrons. The predicted octanol–water partition coefficient (Wildman–Crippen LogP) is 20.6. The highest BCUT2D eigenvalue weighted by molar-refractivity contribution is 7.18. The number of benzene rings is 18. The third kappa shape index (κ3) is 16.9. The van der Waals surface area contributed by atoms with Crippen LogP contribution in [0.4, 0.5) is 0 Å². The van der Waals surface area contributed by atoms with Gasteiger partial charge in [0.25, 0.3) is 0 Å². The monoisotopic (exact) mass is 1570 g/mol. The Kier molecular flexibility index (Phi) is 24.7. The zero-order valence-electron chi connectivity index (χ0n) is 68.5. The third-order valence-corrected chi connectivity index (χ3v) is 25.6. The van der Waals surface area contributed by atoms with Gasteiger partial charge in [-0.05, 0) is 83.5 Å². The highest BCUT2D eigenvalue weighted by Gasteiger charge is 2.33. The zero-order valence-corrected chi connectivity index (χ0v) is 69.3. The van der Waals surface area contributed by atoms with Crippen LogP contribution >= 0.6 is 11.3 Å². The quantitative estimate of drug-likeness (QED) is 0.0566. The molecular weight excluding hydrogens is 1480 g/mol. The molecular formula is C116H90B4OS-4. The first kappa shape index (κ1) is 79.6. The fourth-order valence-electron chi connectivity index (χ4n) is 18.7. The summed E-state index contributed by atoms with van der Waals surface area (Å²) in [5, 5.41) is 14.7. The van der Waals surface area contributed by atoms with E-state index in [1.165, 1.54) is 132 Å². The summed E-state index contributed by atoms with van der Waals surface area (Å²) >= 11 is 1.69. The summed E-state index contributed by atoms with van der Waals surface area (Å²) in [5.74, 6) is 22.4. The molecule has 2 aromatic heterocycles. The van der Waals surface area contributed by atoms with E-state index in [1.54, 1.807) is 17.6 Å². The van der Waals surface area contributed by atoms with Gasteiger partial charge >= 0.3 is 0 Å². The Labute approximate surface area is 722 Å². The van der Waals surface area contributed by atoms with Crippen LogP contribution in [0.2, 0.25) is 6.32 Å². The smallest absolute Gasteiger partial charge is 0.172 e. The molecule has 0 bridgehead atoms. The lowest BCUT2D eigenvalue weighted by Crippen LogP contribution is -2.67. The van der Waals surface area contributed by atoms with Gasteiger partial charge in [-0.1, -0.05) is 481 Å². The van der Waals surface area contributed by atoms with Gasteiger partial charge in [-0.25, -0.2) is 0 Å². The molecule has 0 unspecified atom stereocenters. The van der Waals surface area contributed by atoms with Crippen molar-refractivity contribution in [3.05, 3.63) is 507 Å². The third-order valence-electron chi connectivity index (χ3n) is 24.8. The summed E-state index contributed by atoms with van der Waals surface area (Å²) in [4.78, 5) is 1.10. The zero-order chi connectivity index (χ0) is 82.5.